The Morgan fingerprint density at radius 1 is 1.27 bits per heavy atom. The summed E-state index contributed by atoms with van der Waals surface area (Å²) in [7, 11) is 1.65. The van der Waals surface area contributed by atoms with Crippen molar-refractivity contribution in [2.24, 2.45) is 0 Å². The van der Waals surface area contributed by atoms with Crippen molar-refractivity contribution in [1.82, 2.24) is 15.1 Å². The fourth-order valence-corrected chi connectivity index (χ4v) is 2.08. The van der Waals surface area contributed by atoms with Crippen molar-refractivity contribution in [3.8, 4) is 11.3 Å². The molecule has 0 radical (unpaired) electrons. The maximum atomic E-state index is 12.2. The molecule has 0 atom stereocenters. The number of aromatic nitrogens is 2. The molecule has 1 aromatic carbocycles. The fraction of sp³-hybridized carbons (Fsp3) is 0.312. The quantitative estimate of drug-likeness (QED) is 0.857. The molecule has 0 unspecified atom stereocenters. The second-order valence-electron chi connectivity index (χ2n) is 5.26. The van der Waals surface area contributed by atoms with E-state index in [4.69, 9.17) is 5.11 Å². The molecule has 0 saturated heterocycles. The molecule has 22 heavy (non-hydrogen) atoms. The van der Waals surface area contributed by atoms with Crippen molar-refractivity contribution < 1.29 is 14.7 Å². The Kier molecular flexibility index (Phi) is 4.93. The van der Waals surface area contributed by atoms with Gasteiger partial charge in [-0.2, -0.15) is 5.10 Å². The van der Waals surface area contributed by atoms with Gasteiger partial charge >= 0.3 is 5.97 Å². The van der Waals surface area contributed by atoms with Crippen LogP contribution in [0.4, 0.5) is 0 Å². The van der Waals surface area contributed by atoms with Crippen LogP contribution >= 0.6 is 0 Å². The molecular formula is C16H19N3O3. The minimum Gasteiger partial charge on any atom is -0.481 e. The van der Waals surface area contributed by atoms with Gasteiger partial charge in [-0.1, -0.05) is 29.8 Å². The lowest BCUT2D eigenvalue weighted by atomic mass is 10.1. The first-order valence-corrected chi connectivity index (χ1v) is 7.07. The van der Waals surface area contributed by atoms with Gasteiger partial charge in [0.15, 0.2) is 0 Å². The fourth-order valence-electron chi connectivity index (χ4n) is 2.08. The maximum Gasteiger partial charge on any atom is 0.303 e. The van der Waals surface area contributed by atoms with Crippen LogP contribution in [0.3, 0.4) is 0 Å². The van der Waals surface area contributed by atoms with E-state index in [-0.39, 0.29) is 12.3 Å². The number of hydrogen-bond donors (Lipinski definition) is 2. The standard InChI is InChI=1S/C16H19N3O3/c1-11-5-7-12(8-6-11)13-10-14(18-17-13)16(22)19(2)9-3-4-15(20)21/h5-8,10H,3-4,9H2,1-2H3,(H,17,18)(H,20,21). The van der Waals surface area contributed by atoms with Gasteiger partial charge in [0.25, 0.3) is 5.91 Å². The molecule has 6 heteroatoms. The monoisotopic (exact) mass is 301 g/mol. The summed E-state index contributed by atoms with van der Waals surface area (Å²) in [6, 6.07) is 9.60. The summed E-state index contributed by atoms with van der Waals surface area (Å²) >= 11 is 0. The highest BCUT2D eigenvalue weighted by molar-refractivity contribution is 5.93. The van der Waals surface area contributed by atoms with Crippen LogP contribution in [0, 0.1) is 6.92 Å². The summed E-state index contributed by atoms with van der Waals surface area (Å²) in [5.41, 5.74) is 3.21. The van der Waals surface area contributed by atoms with Crippen molar-refractivity contribution in [2.45, 2.75) is 19.8 Å². The van der Waals surface area contributed by atoms with Gasteiger partial charge in [0.2, 0.25) is 0 Å². The number of benzene rings is 1. The first-order chi connectivity index (χ1) is 10.5. The number of rotatable bonds is 6. The Labute approximate surface area is 128 Å². The van der Waals surface area contributed by atoms with E-state index in [0.717, 1.165) is 11.1 Å². The van der Waals surface area contributed by atoms with Crippen molar-refractivity contribution in [3.05, 3.63) is 41.6 Å². The van der Waals surface area contributed by atoms with Crippen LogP contribution in [0.25, 0.3) is 11.3 Å². The van der Waals surface area contributed by atoms with Crippen LogP contribution in [0.2, 0.25) is 0 Å². The number of H-pyrrole nitrogens is 1. The number of nitrogens with zero attached hydrogens (tertiary/aromatic N) is 2. The molecule has 1 heterocycles. The smallest absolute Gasteiger partial charge is 0.303 e. The van der Waals surface area contributed by atoms with E-state index in [0.29, 0.717) is 24.4 Å². The normalized spacial score (nSPS) is 10.5. The third kappa shape index (κ3) is 3.94. The number of carbonyl (C=O) groups is 2. The molecule has 0 aliphatic rings. The second-order valence-corrected chi connectivity index (χ2v) is 5.26. The van der Waals surface area contributed by atoms with Gasteiger partial charge in [-0.15, -0.1) is 0 Å². The zero-order valence-electron chi connectivity index (χ0n) is 12.7. The van der Waals surface area contributed by atoms with Gasteiger partial charge in [0.1, 0.15) is 5.69 Å². The molecule has 1 amide bonds. The summed E-state index contributed by atoms with van der Waals surface area (Å²) in [6.07, 6.45) is 0.478. The minimum absolute atomic E-state index is 0.0508. The molecule has 0 aliphatic carbocycles. The SMILES string of the molecule is Cc1ccc(-c2cc(C(=O)N(C)CCCC(=O)O)[nH]n2)cc1. The van der Waals surface area contributed by atoms with E-state index in [9.17, 15) is 9.59 Å². The Bertz CT molecular complexity index is 662. The van der Waals surface area contributed by atoms with Gasteiger partial charge < -0.3 is 10.0 Å². The number of hydrogen-bond acceptors (Lipinski definition) is 3. The minimum atomic E-state index is -0.857. The molecule has 0 aliphatic heterocycles. The third-order valence-corrected chi connectivity index (χ3v) is 3.39. The topological polar surface area (TPSA) is 86.3 Å². The van der Waals surface area contributed by atoms with Gasteiger partial charge in [-0.3, -0.25) is 14.7 Å². The van der Waals surface area contributed by atoms with Crippen molar-refractivity contribution >= 4 is 11.9 Å². The van der Waals surface area contributed by atoms with Crippen LogP contribution in [0.1, 0.15) is 28.9 Å². The molecule has 116 valence electrons. The number of aryl methyl sites for hydroxylation is 1. The predicted octanol–water partition coefficient (Wildman–Crippen LogP) is 2.32. The van der Waals surface area contributed by atoms with Crippen LogP contribution in [-0.4, -0.2) is 45.7 Å². The van der Waals surface area contributed by atoms with E-state index in [1.165, 1.54) is 4.90 Å². The number of amides is 1. The lowest BCUT2D eigenvalue weighted by Crippen LogP contribution is -2.28. The second kappa shape index (κ2) is 6.89. The summed E-state index contributed by atoms with van der Waals surface area (Å²) in [4.78, 5) is 24.2. The van der Waals surface area contributed by atoms with E-state index in [2.05, 4.69) is 10.2 Å². The number of carboxylic acids is 1. The number of nitrogens with one attached hydrogen (secondary N) is 1. The van der Waals surface area contributed by atoms with Gasteiger partial charge in [-0.05, 0) is 19.4 Å². The van der Waals surface area contributed by atoms with Crippen LogP contribution < -0.4 is 0 Å². The highest BCUT2D eigenvalue weighted by atomic mass is 16.4. The molecule has 2 N–H and O–H groups in total. The molecule has 0 spiro atoms. The van der Waals surface area contributed by atoms with Crippen LogP contribution in [-0.2, 0) is 4.79 Å². The zero-order valence-corrected chi connectivity index (χ0v) is 12.7. The molecule has 0 saturated carbocycles. The van der Waals surface area contributed by atoms with Gasteiger partial charge in [0, 0.05) is 25.6 Å². The molecule has 2 aromatic rings. The van der Waals surface area contributed by atoms with Gasteiger partial charge in [0.05, 0.1) is 5.69 Å². The Hall–Kier alpha value is -2.63. The number of carbonyl (C=O) groups excluding carboxylic acids is 1. The van der Waals surface area contributed by atoms with E-state index in [1.54, 1.807) is 13.1 Å². The van der Waals surface area contributed by atoms with E-state index < -0.39 is 5.97 Å². The van der Waals surface area contributed by atoms with E-state index >= 15 is 0 Å². The van der Waals surface area contributed by atoms with Crippen molar-refractivity contribution in [1.29, 1.82) is 0 Å². The summed E-state index contributed by atoms with van der Waals surface area (Å²) in [5.74, 6) is -1.06. The van der Waals surface area contributed by atoms with Crippen LogP contribution in [0.5, 0.6) is 0 Å². The summed E-state index contributed by atoms with van der Waals surface area (Å²) in [5, 5.41) is 15.5. The van der Waals surface area contributed by atoms with Crippen LogP contribution in [0.15, 0.2) is 30.3 Å². The molecular weight excluding hydrogens is 282 g/mol. The number of carboxylic acid groups (broad SMARTS) is 1. The molecule has 0 fully saturated rings. The first kappa shape index (κ1) is 15.8. The average Bonchev–Trinajstić information content (AvgIpc) is 2.96. The van der Waals surface area contributed by atoms with Gasteiger partial charge in [-0.25, -0.2) is 0 Å². The Morgan fingerprint density at radius 2 is 1.95 bits per heavy atom. The maximum absolute atomic E-state index is 12.2. The third-order valence-electron chi connectivity index (χ3n) is 3.39. The lowest BCUT2D eigenvalue weighted by molar-refractivity contribution is -0.137. The Morgan fingerprint density at radius 3 is 2.59 bits per heavy atom. The number of aromatic amines is 1. The lowest BCUT2D eigenvalue weighted by Gasteiger charge is -2.15. The zero-order chi connectivity index (χ0) is 16.1. The molecule has 0 bridgehead atoms. The Balaban J connectivity index is 2.02. The van der Waals surface area contributed by atoms with Crippen molar-refractivity contribution in [3.63, 3.8) is 0 Å². The molecule has 6 nitrogen and oxygen atoms in total. The highest BCUT2D eigenvalue weighted by Gasteiger charge is 2.15. The average molecular weight is 301 g/mol. The first-order valence-electron chi connectivity index (χ1n) is 7.07. The summed E-state index contributed by atoms with van der Waals surface area (Å²) < 4.78 is 0. The largest absolute Gasteiger partial charge is 0.481 e. The molecule has 1 aromatic heterocycles. The predicted molar refractivity (Wildman–Crippen MR) is 82.6 cm³/mol. The van der Waals surface area contributed by atoms with E-state index in [1.807, 2.05) is 31.2 Å². The molecule has 2 rings (SSSR count). The number of aliphatic carboxylic acids is 1. The van der Waals surface area contributed by atoms with Crippen molar-refractivity contribution in [2.75, 3.05) is 13.6 Å². The summed E-state index contributed by atoms with van der Waals surface area (Å²) in [6.45, 7) is 2.40. The highest BCUT2D eigenvalue weighted by Crippen LogP contribution is 2.18.